The summed E-state index contributed by atoms with van der Waals surface area (Å²) in [6.07, 6.45) is -0.106. The van der Waals surface area contributed by atoms with Crippen molar-refractivity contribution in [1.82, 2.24) is 4.90 Å². The van der Waals surface area contributed by atoms with Crippen molar-refractivity contribution in [1.29, 1.82) is 0 Å². The molecule has 2 aromatic carbocycles. The van der Waals surface area contributed by atoms with Crippen molar-refractivity contribution in [2.75, 3.05) is 18.4 Å². The van der Waals surface area contributed by atoms with Gasteiger partial charge in [-0.05, 0) is 60.1 Å². The summed E-state index contributed by atoms with van der Waals surface area (Å²) in [5.74, 6) is -1.18. The first-order valence-corrected chi connectivity index (χ1v) is 9.44. The number of amides is 2. The van der Waals surface area contributed by atoms with Gasteiger partial charge in [0.25, 0.3) is 11.8 Å². The average molecular weight is 435 g/mol. The maximum atomic E-state index is 13.5. The third kappa shape index (κ3) is 4.54. The van der Waals surface area contributed by atoms with Gasteiger partial charge in [0, 0.05) is 17.6 Å². The van der Waals surface area contributed by atoms with Crippen LogP contribution in [0.3, 0.4) is 0 Å². The first kappa shape index (κ1) is 19.5. The Kier molecular flexibility index (Phi) is 5.92. The van der Waals surface area contributed by atoms with Gasteiger partial charge in [-0.15, -0.1) is 0 Å². The van der Waals surface area contributed by atoms with E-state index in [2.05, 4.69) is 21.2 Å². The second kappa shape index (κ2) is 8.19. The number of hydrogen-bond acceptors (Lipinski definition) is 3. The molecule has 1 fully saturated rings. The van der Waals surface area contributed by atoms with Crippen molar-refractivity contribution in [3.8, 4) is 0 Å². The number of carbonyl (C=O) groups excluding carboxylic acids is 2. The second-order valence-corrected chi connectivity index (χ2v) is 7.45. The normalized spacial score (nSPS) is 19.6. The third-order valence-electron chi connectivity index (χ3n) is 4.29. The van der Waals surface area contributed by atoms with Crippen LogP contribution >= 0.6 is 15.9 Å². The molecule has 1 aliphatic rings. The van der Waals surface area contributed by atoms with Gasteiger partial charge in [-0.2, -0.15) is 0 Å². The molecule has 2 atom stereocenters. The van der Waals surface area contributed by atoms with Crippen LogP contribution in [0.4, 0.5) is 10.1 Å². The summed E-state index contributed by atoms with van der Waals surface area (Å²) < 4.78 is 19.6. The van der Waals surface area contributed by atoms with E-state index in [9.17, 15) is 14.0 Å². The number of morpholine rings is 1. The van der Waals surface area contributed by atoms with Gasteiger partial charge < -0.3 is 15.0 Å². The Balaban J connectivity index is 1.84. The average Bonchev–Trinajstić information content (AvgIpc) is 2.62. The third-order valence-corrected chi connectivity index (χ3v) is 4.98. The van der Waals surface area contributed by atoms with Crippen LogP contribution in [0.15, 0.2) is 46.9 Å². The molecule has 1 saturated heterocycles. The molecule has 1 aliphatic heterocycles. The van der Waals surface area contributed by atoms with E-state index < -0.39 is 11.7 Å². The van der Waals surface area contributed by atoms with Gasteiger partial charge in [0.1, 0.15) is 5.82 Å². The minimum absolute atomic E-state index is 0.0531. The standard InChI is InChI=1S/C20H20BrFN2O3/c1-12-10-24(11-13(2)27-12)20(26)15-5-3-4-6-18(15)23-19(25)16-9-14(22)7-8-17(16)21/h3-9,12-13H,10-11H2,1-2H3,(H,23,25)/t12-,13+. The number of para-hydroxylation sites is 1. The van der Waals surface area contributed by atoms with E-state index in [-0.39, 0.29) is 23.7 Å². The van der Waals surface area contributed by atoms with E-state index in [0.29, 0.717) is 28.8 Å². The summed E-state index contributed by atoms with van der Waals surface area (Å²) >= 11 is 3.25. The Hall–Kier alpha value is -2.25. The summed E-state index contributed by atoms with van der Waals surface area (Å²) in [7, 11) is 0. The van der Waals surface area contributed by atoms with E-state index >= 15 is 0 Å². The van der Waals surface area contributed by atoms with Crippen molar-refractivity contribution >= 4 is 33.4 Å². The molecule has 27 heavy (non-hydrogen) atoms. The maximum absolute atomic E-state index is 13.5. The SMILES string of the molecule is C[C@@H]1CN(C(=O)c2ccccc2NC(=O)c2cc(F)ccc2Br)C[C@H](C)O1. The lowest BCUT2D eigenvalue weighted by Gasteiger charge is -2.35. The molecular weight excluding hydrogens is 415 g/mol. The van der Waals surface area contributed by atoms with Crippen LogP contribution < -0.4 is 5.32 Å². The highest BCUT2D eigenvalue weighted by Gasteiger charge is 2.28. The molecule has 2 amide bonds. The van der Waals surface area contributed by atoms with Crippen LogP contribution in [0.5, 0.6) is 0 Å². The molecule has 0 unspecified atom stereocenters. The number of carbonyl (C=O) groups is 2. The number of ether oxygens (including phenoxy) is 1. The zero-order valence-electron chi connectivity index (χ0n) is 15.0. The smallest absolute Gasteiger partial charge is 0.256 e. The summed E-state index contributed by atoms with van der Waals surface area (Å²) in [5.41, 5.74) is 0.931. The summed E-state index contributed by atoms with van der Waals surface area (Å²) in [6.45, 7) is 4.82. The molecule has 0 bridgehead atoms. The number of nitrogens with one attached hydrogen (secondary N) is 1. The fraction of sp³-hybridized carbons (Fsp3) is 0.300. The Morgan fingerprint density at radius 1 is 1.11 bits per heavy atom. The molecule has 0 spiro atoms. The Morgan fingerprint density at radius 3 is 2.48 bits per heavy atom. The molecule has 0 aromatic heterocycles. The predicted molar refractivity (Wildman–Crippen MR) is 104 cm³/mol. The molecule has 5 nitrogen and oxygen atoms in total. The Bertz CT molecular complexity index is 864. The monoisotopic (exact) mass is 434 g/mol. The van der Waals surface area contributed by atoms with E-state index in [1.807, 2.05) is 13.8 Å². The van der Waals surface area contributed by atoms with Crippen LogP contribution in [-0.2, 0) is 4.74 Å². The molecule has 7 heteroatoms. The number of nitrogens with zero attached hydrogens (tertiary/aromatic N) is 1. The predicted octanol–water partition coefficient (Wildman–Crippen LogP) is 4.09. The van der Waals surface area contributed by atoms with Gasteiger partial charge in [0.15, 0.2) is 0 Å². The van der Waals surface area contributed by atoms with Gasteiger partial charge in [-0.3, -0.25) is 9.59 Å². The largest absolute Gasteiger partial charge is 0.372 e. The lowest BCUT2D eigenvalue weighted by molar-refractivity contribution is -0.0585. The lowest BCUT2D eigenvalue weighted by Crippen LogP contribution is -2.48. The van der Waals surface area contributed by atoms with E-state index in [1.165, 1.54) is 12.1 Å². The molecule has 142 valence electrons. The van der Waals surface area contributed by atoms with E-state index in [1.54, 1.807) is 29.2 Å². The second-order valence-electron chi connectivity index (χ2n) is 6.59. The molecule has 0 saturated carbocycles. The molecule has 0 aliphatic carbocycles. The lowest BCUT2D eigenvalue weighted by atomic mass is 10.1. The Morgan fingerprint density at radius 2 is 1.78 bits per heavy atom. The quantitative estimate of drug-likeness (QED) is 0.791. The number of halogens is 2. The summed E-state index contributed by atoms with van der Waals surface area (Å²) in [4.78, 5) is 27.3. The highest BCUT2D eigenvalue weighted by molar-refractivity contribution is 9.10. The topological polar surface area (TPSA) is 58.6 Å². The number of hydrogen-bond donors (Lipinski definition) is 1. The number of anilines is 1. The van der Waals surface area contributed by atoms with Crippen molar-refractivity contribution in [2.24, 2.45) is 0 Å². The zero-order chi connectivity index (χ0) is 19.6. The molecule has 2 aromatic rings. The maximum Gasteiger partial charge on any atom is 0.256 e. The van der Waals surface area contributed by atoms with Gasteiger partial charge in [0.05, 0.1) is 29.0 Å². The Labute approximate surface area is 165 Å². The fourth-order valence-corrected chi connectivity index (χ4v) is 3.58. The summed E-state index contributed by atoms with van der Waals surface area (Å²) in [5, 5.41) is 2.72. The molecule has 1 heterocycles. The van der Waals surface area contributed by atoms with Crippen LogP contribution in [-0.4, -0.2) is 42.0 Å². The van der Waals surface area contributed by atoms with Gasteiger partial charge >= 0.3 is 0 Å². The minimum atomic E-state index is -0.510. The first-order chi connectivity index (χ1) is 12.8. The molecular formula is C20H20BrFN2O3. The van der Waals surface area contributed by atoms with Crippen LogP contribution in [0.2, 0.25) is 0 Å². The van der Waals surface area contributed by atoms with Gasteiger partial charge in [-0.25, -0.2) is 4.39 Å². The molecule has 3 rings (SSSR count). The van der Waals surface area contributed by atoms with Crippen molar-refractivity contribution in [3.05, 3.63) is 63.9 Å². The van der Waals surface area contributed by atoms with E-state index in [4.69, 9.17) is 4.74 Å². The number of rotatable bonds is 3. The van der Waals surface area contributed by atoms with E-state index in [0.717, 1.165) is 6.07 Å². The van der Waals surface area contributed by atoms with Crippen LogP contribution in [0, 0.1) is 5.82 Å². The van der Waals surface area contributed by atoms with Crippen molar-refractivity contribution in [3.63, 3.8) is 0 Å². The fourth-order valence-electron chi connectivity index (χ4n) is 3.15. The van der Waals surface area contributed by atoms with Gasteiger partial charge in [0.2, 0.25) is 0 Å². The van der Waals surface area contributed by atoms with Crippen molar-refractivity contribution < 1.29 is 18.7 Å². The van der Waals surface area contributed by atoms with Crippen LogP contribution in [0.25, 0.3) is 0 Å². The van der Waals surface area contributed by atoms with Crippen molar-refractivity contribution in [2.45, 2.75) is 26.1 Å². The zero-order valence-corrected chi connectivity index (χ0v) is 16.6. The molecule has 0 radical (unpaired) electrons. The highest BCUT2D eigenvalue weighted by Crippen LogP contribution is 2.23. The van der Waals surface area contributed by atoms with Crippen LogP contribution in [0.1, 0.15) is 34.6 Å². The highest BCUT2D eigenvalue weighted by atomic mass is 79.9. The minimum Gasteiger partial charge on any atom is -0.372 e. The number of benzene rings is 2. The summed E-state index contributed by atoms with van der Waals surface area (Å²) in [6, 6.07) is 10.7. The first-order valence-electron chi connectivity index (χ1n) is 8.65. The molecule has 1 N–H and O–H groups in total. The van der Waals surface area contributed by atoms with Gasteiger partial charge in [-0.1, -0.05) is 12.1 Å².